The number of amides is 1. The maximum absolute atomic E-state index is 12.7. The van der Waals surface area contributed by atoms with Gasteiger partial charge in [-0.25, -0.2) is 13.1 Å². The third-order valence-electron chi connectivity index (χ3n) is 3.55. The molecule has 0 spiro atoms. The summed E-state index contributed by atoms with van der Waals surface area (Å²) in [7, 11) is -3.79. The van der Waals surface area contributed by atoms with Crippen LogP contribution in [0.4, 0.5) is 5.69 Å². The van der Waals surface area contributed by atoms with Crippen molar-refractivity contribution in [3.05, 3.63) is 54.1 Å². The van der Waals surface area contributed by atoms with E-state index in [1.165, 1.54) is 6.07 Å². The van der Waals surface area contributed by atoms with E-state index in [0.29, 0.717) is 5.75 Å². The van der Waals surface area contributed by atoms with Crippen LogP contribution in [0, 0.1) is 6.92 Å². The molecule has 2 N–H and O–H groups in total. The van der Waals surface area contributed by atoms with Crippen molar-refractivity contribution in [1.82, 2.24) is 4.72 Å². The van der Waals surface area contributed by atoms with Gasteiger partial charge in [-0.1, -0.05) is 24.3 Å². The number of rotatable bonds is 6. The minimum absolute atomic E-state index is 0.0102. The van der Waals surface area contributed by atoms with E-state index in [1.807, 2.05) is 25.1 Å². The van der Waals surface area contributed by atoms with Gasteiger partial charge in [-0.05, 0) is 64.4 Å². The molecule has 1 unspecified atom stereocenters. The van der Waals surface area contributed by atoms with Gasteiger partial charge < -0.3 is 10.1 Å². The van der Waals surface area contributed by atoms with Gasteiger partial charge in [0.2, 0.25) is 10.0 Å². The van der Waals surface area contributed by atoms with Crippen LogP contribution < -0.4 is 14.8 Å². The smallest absolute Gasteiger partial charge is 0.265 e. The monoisotopic (exact) mass is 390 g/mol. The van der Waals surface area contributed by atoms with Crippen molar-refractivity contribution in [1.29, 1.82) is 0 Å². The lowest BCUT2D eigenvalue weighted by Gasteiger charge is -2.22. The predicted octanol–water partition coefficient (Wildman–Crippen LogP) is 3.48. The van der Waals surface area contributed by atoms with Crippen LogP contribution in [0.25, 0.3) is 0 Å². The summed E-state index contributed by atoms with van der Waals surface area (Å²) < 4.78 is 33.6. The minimum Gasteiger partial charge on any atom is -0.481 e. The molecule has 0 heterocycles. The Morgan fingerprint density at radius 2 is 1.74 bits per heavy atom. The molecule has 2 aromatic carbocycles. The van der Waals surface area contributed by atoms with Crippen molar-refractivity contribution in [2.45, 2.75) is 51.2 Å². The first-order valence-electron chi connectivity index (χ1n) is 8.65. The number of benzene rings is 2. The Morgan fingerprint density at radius 3 is 2.37 bits per heavy atom. The zero-order chi connectivity index (χ0) is 20.2. The van der Waals surface area contributed by atoms with Crippen LogP contribution in [0.2, 0.25) is 0 Å². The van der Waals surface area contributed by atoms with E-state index < -0.39 is 27.6 Å². The second-order valence-corrected chi connectivity index (χ2v) is 9.07. The number of ether oxygens (including phenoxy) is 1. The molecule has 0 radical (unpaired) electrons. The van der Waals surface area contributed by atoms with Crippen molar-refractivity contribution in [2.75, 3.05) is 5.32 Å². The summed E-state index contributed by atoms with van der Waals surface area (Å²) >= 11 is 0. The molecular formula is C20H26N2O4S. The highest BCUT2D eigenvalue weighted by atomic mass is 32.2. The standard InChI is InChI=1S/C20H26N2O4S/c1-14-9-8-10-16(13-14)26-15(2)19(23)21-17-11-6-7-12-18(17)27(24,25)22-20(3,4)5/h6-13,15,22H,1-5H3,(H,21,23). The van der Waals surface area contributed by atoms with Gasteiger partial charge in [0, 0.05) is 5.54 Å². The normalized spacial score (nSPS) is 13.1. The number of carbonyl (C=O) groups is 1. The van der Waals surface area contributed by atoms with E-state index in [0.717, 1.165) is 5.56 Å². The second-order valence-electron chi connectivity index (χ2n) is 7.42. The van der Waals surface area contributed by atoms with Crippen LogP contribution in [-0.2, 0) is 14.8 Å². The quantitative estimate of drug-likeness (QED) is 0.791. The van der Waals surface area contributed by atoms with Gasteiger partial charge in [0.25, 0.3) is 5.91 Å². The van der Waals surface area contributed by atoms with Gasteiger partial charge >= 0.3 is 0 Å². The first-order valence-corrected chi connectivity index (χ1v) is 10.1. The average Bonchev–Trinajstić information content (AvgIpc) is 2.53. The number of sulfonamides is 1. The molecule has 6 nitrogen and oxygen atoms in total. The number of para-hydroxylation sites is 1. The third-order valence-corrected chi connectivity index (χ3v) is 5.36. The van der Waals surface area contributed by atoms with E-state index in [4.69, 9.17) is 4.74 Å². The number of aryl methyl sites for hydroxylation is 1. The number of anilines is 1. The lowest BCUT2D eigenvalue weighted by Crippen LogP contribution is -2.41. The summed E-state index contributed by atoms with van der Waals surface area (Å²) in [6.07, 6.45) is -0.793. The fraction of sp³-hybridized carbons (Fsp3) is 0.350. The summed E-state index contributed by atoms with van der Waals surface area (Å²) in [5.74, 6) is 0.142. The lowest BCUT2D eigenvalue weighted by atomic mass is 10.1. The molecule has 146 valence electrons. The van der Waals surface area contributed by atoms with Crippen molar-refractivity contribution in [3.8, 4) is 5.75 Å². The molecule has 27 heavy (non-hydrogen) atoms. The Kier molecular flexibility index (Phi) is 6.28. The van der Waals surface area contributed by atoms with Crippen molar-refractivity contribution in [2.24, 2.45) is 0 Å². The Bertz CT molecular complexity index is 918. The molecule has 1 amide bonds. The minimum atomic E-state index is -3.79. The van der Waals surface area contributed by atoms with Gasteiger partial charge in [-0.3, -0.25) is 4.79 Å². The van der Waals surface area contributed by atoms with Crippen LogP contribution in [0.3, 0.4) is 0 Å². The molecule has 0 aliphatic carbocycles. The van der Waals surface area contributed by atoms with Crippen molar-refractivity contribution in [3.63, 3.8) is 0 Å². The van der Waals surface area contributed by atoms with Gasteiger partial charge in [0.1, 0.15) is 10.6 Å². The zero-order valence-corrected chi connectivity index (χ0v) is 17.1. The van der Waals surface area contributed by atoms with E-state index in [9.17, 15) is 13.2 Å². The second kappa shape index (κ2) is 8.10. The number of nitrogens with one attached hydrogen (secondary N) is 2. The summed E-state index contributed by atoms with van der Waals surface area (Å²) in [5, 5.41) is 2.65. The van der Waals surface area contributed by atoms with Crippen LogP contribution in [0.5, 0.6) is 5.75 Å². The Labute approximate surface area is 161 Å². The molecule has 0 aliphatic rings. The SMILES string of the molecule is Cc1cccc(OC(C)C(=O)Nc2ccccc2S(=O)(=O)NC(C)(C)C)c1. The summed E-state index contributed by atoms with van der Waals surface area (Å²) in [6.45, 7) is 8.81. The third kappa shape index (κ3) is 6.08. The molecule has 7 heteroatoms. The number of carbonyl (C=O) groups excluding carboxylic acids is 1. The summed E-state index contributed by atoms with van der Waals surface area (Å²) in [6, 6.07) is 13.6. The molecular weight excluding hydrogens is 364 g/mol. The molecule has 2 rings (SSSR count). The lowest BCUT2D eigenvalue weighted by molar-refractivity contribution is -0.122. The van der Waals surface area contributed by atoms with Gasteiger partial charge in [0.15, 0.2) is 6.10 Å². The molecule has 0 bridgehead atoms. The van der Waals surface area contributed by atoms with Crippen LogP contribution in [0.15, 0.2) is 53.4 Å². The fourth-order valence-corrected chi connectivity index (χ4v) is 4.03. The maximum atomic E-state index is 12.7. The zero-order valence-electron chi connectivity index (χ0n) is 16.2. The van der Waals surface area contributed by atoms with E-state index in [2.05, 4.69) is 10.0 Å². The summed E-state index contributed by atoms with van der Waals surface area (Å²) in [5.41, 5.74) is 0.584. The molecule has 0 saturated carbocycles. The van der Waals surface area contributed by atoms with Crippen molar-refractivity contribution < 1.29 is 17.9 Å². The molecule has 2 aromatic rings. The average molecular weight is 391 g/mol. The van der Waals surface area contributed by atoms with E-state index >= 15 is 0 Å². The molecule has 0 aliphatic heterocycles. The molecule has 0 saturated heterocycles. The highest BCUT2D eigenvalue weighted by molar-refractivity contribution is 7.89. The van der Waals surface area contributed by atoms with E-state index in [-0.39, 0.29) is 10.6 Å². The predicted molar refractivity (Wildman–Crippen MR) is 106 cm³/mol. The Balaban J connectivity index is 2.19. The van der Waals surface area contributed by atoms with Gasteiger partial charge in [0.05, 0.1) is 5.69 Å². The van der Waals surface area contributed by atoms with Crippen molar-refractivity contribution >= 4 is 21.6 Å². The molecule has 1 atom stereocenters. The van der Waals surface area contributed by atoms with E-state index in [1.54, 1.807) is 52.0 Å². The first-order chi connectivity index (χ1) is 12.5. The first kappa shape index (κ1) is 20.9. The number of hydrogen-bond acceptors (Lipinski definition) is 4. The largest absolute Gasteiger partial charge is 0.481 e. The van der Waals surface area contributed by atoms with Gasteiger partial charge in [-0.2, -0.15) is 0 Å². The molecule has 0 fully saturated rings. The van der Waals surface area contributed by atoms with Crippen LogP contribution >= 0.6 is 0 Å². The maximum Gasteiger partial charge on any atom is 0.265 e. The highest BCUT2D eigenvalue weighted by Crippen LogP contribution is 2.23. The number of hydrogen-bond donors (Lipinski definition) is 2. The topological polar surface area (TPSA) is 84.5 Å². The molecule has 0 aromatic heterocycles. The van der Waals surface area contributed by atoms with Gasteiger partial charge in [-0.15, -0.1) is 0 Å². The Morgan fingerprint density at radius 1 is 1.07 bits per heavy atom. The van der Waals surface area contributed by atoms with Crippen LogP contribution in [-0.4, -0.2) is 26.0 Å². The highest BCUT2D eigenvalue weighted by Gasteiger charge is 2.26. The Hall–Kier alpha value is -2.38. The fourth-order valence-electron chi connectivity index (χ4n) is 2.44. The van der Waals surface area contributed by atoms with Crippen LogP contribution in [0.1, 0.15) is 33.3 Å². The summed E-state index contributed by atoms with van der Waals surface area (Å²) in [4.78, 5) is 12.5.